The average molecular weight is 339 g/mol. The van der Waals surface area contributed by atoms with Crippen LogP contribution in [0.1, 0.15) is 5.56 Å². The summed E-state index contributed by atoms with van der Waals surface area (Å²) in [5.41, 5.74) is 1.27. The second-order valence-corrected chi connectivity index (χ2v) is 6.57. The van der Waals surface area contributed by atoms with E-state index in [1.165, 1.54) is 31.4 Å². The lowest BCUT2D eigenvalue weighted by atomic mass is 10.1. The Bertz CT molecular complexity index is 744. The van der Waals surface area contributed by atoms with Crippen molar-refractivity contribution in [3.8, 4) is 0 Å². The molecule has 1 N–H and O–H groups in total. The van der Waals surface area contributed by atoms with Crippen molar-refractivity contribution in [2.24, 2.45) is 5.16 Å². The molecule has 2 aromatic carbocycles. The molecule has 0 aliphatic heterocycles. The third-order valence-corrected chi connectivity index (χ3v) is 4.53. The van der Waals surface area contributed by atoms with Crippen molar-refractivity contribution in [1.29, 1.82) is 0 Å². The normalized spacial score (nSPS) is 12.2. The topological polar surface area (TPSA) is 67.8 Å². The summed E-state index contributed by atoms with van der Waals surface area (Å²) >= 11 is 5.76. The zero-order valence-corrected chi connectivity index (χ0v) is 13.4. The molecule has 0 atom stereocenters. The van der Waals surface area contributed by atoms with E-state index in [0.717, 1.165) is 5.56 Å². The van der Waals surface area contributed by atoms with E-state index in [9.17, 15) is 8.42 Å². The third kappa shape index (κ3) is 4.30. The van der Waals surface area contributed by atoms with Crippen molar-refractivity contribution in [2.75, 3.05) is 13.7 Å². The predicted octanol–water partition coefficient (Wildman–Crippen LogP) is 2.67. The van der Waals surface area contributed by atoms with Crippen LogP contribution in [0.25, 0.3) is 0 Å². The molecular weight excluding hydrogens is 324 g/mol. The summed E-state index contributed by atoms with van der Waals surface area (Å²) in [7, 11) is -2.23. The Labute approximate surface area is 134 Å². The highest BCUT2D eigenvalue weighted by Gasteiger charge is 2.15. The lowest BCUT2D eigenvalue weighted by Gasteiger charge is -2.09. The summed E-state index contributed by atoms with van der Waals surface area (Å²) in [6.45, 7) is 0.0167. The summed E-state index contributed by atoms with van der Waals surface area (Å²) < 4.78 is 27.0. The minimum atomic E-state index is -3.64. The lowest BCUT2D eigenvalue weighted by molar-refractivity contribution is 0.213. The summed E-state index contributed by atoms with van der Waals surface area (Å²) in [6, 6.07) is 15.1. The first-order valence-electron chi connectivity index (χ1n) is 6.43. The van der Waals surface area contributed by atoms with Gasteiger partial charge in [0, 0.05) is 10.6 Å². The van der Waals surface area contributed by atoms with Gasteiger partial charge in [-0.2, -0.15) is 0 Å². The molecule has 0 bridgehead atoms. The molecule has 0 saturated carbocycles. The lowest BCUT2D eigenvalue weighted by Crippen LogP contribution is -2.30. The molecule has 0 aromatic heterocycles. The summed E-state index contributed by atoms with van der Waals surface area (Å²) in [5.74, 6) is 0. The van der Waals surface area contributed by atoms with Crippen molar-refractivity contribution >= 4 is 27.3 Å². The van der Waals surface area contributed by atoms with E-state index in [-0.39, 0.29) is 11.4 Å². The zero-order valence-electron chi connectivity index (χ0n) is 11.9. The largest absolute Gasteiger partial charge is 0.399 e. The number of sulfonamides is 1. The van der Waals surface area contributed by atoms with E-state index in [4.69, 9.17) is 16.4 Å². The molecule has 0 heterocycles. The maximum absolute atomic E-state index is 12.2. The van der Waals surface area contributed by atoms with Crippen LogP contribution in [0.5, 0.6) is 0 Å². The molecule has 0 aliphatic rings. The smallest absolute Gasteiger partial charge is 0.240 e. The number of nitrogens with one attached hydrogen (secondary N) is 1. The average Bonchev–Trinajstić information content (AvgIpc) is 2.53. The first-order chi connectivity index (χ1) is 10.5. The molecule has 0 spiro atoms. The van der Waals surface area contributed by atoms with Crippen LogP contribution in [0.15, 0.2) is 64.6 Å². The molecular formula is C15H15ClN2O3S. The number of benzene rings is 2. The van der Waals surface area contributed by atoms with Crippen LogP contribution in [0.4, 0.5) is 0 Å². The summed E-state index contributed by atoms with van der Waals surface area (Å²) in [6.07, 6.45) is 0. The summed E-state index contributed by atoms with van der Waals surface area (Å²) in [4.78, 5) is 4.92. The van der Waals surface area contributed by atoms with E-state index in [0.29, 0.717) is 10.7 Å². The Balaban J connectivity index is 2.16. The number of nitrogens with zero attached hydrogens (tertiary/aromatic N) is 1. The van der Waals surface area contributed by atoms with Crippen molar-refractivity contribution in [3.05, 3.63) is 65.2 Å². The summed E-state index contributed by atoms with van der Waals surface area (Å²) in [5, 5.41) is 4.35. The van der Waals surface area contributed by atoms with Crippen LogP contribution in [0, 0.1) is 0 Å². The van der Waals surface area contributed by atoms with Crippen LogP contribution < -0.4 is 4.72 Å². The van der Waals surface area contributed by atoms with Gasteiger partial charge >= 0.3 is 0 Å². The Morgan fingerprint density at radius 1 is 1.14 bits per heavy atom. The molecule has 5 nitrogen and oxygen atoms in total. The van der Waals surface area contributed by atoms with Gasteiger partial charge in [-0.1, -0.05) is 47.1 Å². The van der Waals surface area contributed by atoms with E-state index in [1.807, 2.05) is 30.3 Å². The van der Waals surface area contributed by atoms with Gasteiger partial charge in [0.05, 0.1) is 11.4 Å². The minimum absolute atomic E-state index is 0.0167. The molecule has 2 rings (SSSR count). The first-order valence-corrected chi connectivity index (χ1v) is 8.30. The zero-order chi connectivity index (χ0) is 16.0. The van der Waals surface area contributed by atoms with Gasteiger partial charge in [0.15, 0.2) is 0 Å². The molecule has 0 radical (unpaired) electrons. The fraction of sp³-hybridized carbons (Fsp3) is 0.133. The molecule has 0 amide bonds. The van der Waals surface area contributed by atoms with Crippen molar-refractivity contribution in [1.82, 2.24) is 4.72 Å². The van der Waals surface area contributed by atoms with Gasteiger partial charge in [-0.15, -0.1) is 0 Å². The number of halogens is 1. The van der Waals surface area contributed by atoms with Crippen LogP contribution >= 0.6 is 11.6 Å². The standard InChI is InChI=1S/C15H15ClN2O3S/c1-21-18-15(12-5-3-2-4-6-12)11-17-22(19,20)14-9-7-13(16)8-10-14/h2-10,17H,11H2,1H3. The fourth-order valence-corrected chi connectivity index (χ4v) is 2.90. The van der Waals surface area contributed by atoms with Gasteiger partial charge in [0.1, 0.15) is 12.8 Å². The second-order valence-electron chi connectivity index (χ2n) is 4.37. The molecule has 7 heteroatoms. The maximum Gasteiger partial charge on any atom is 0.240 e. The van der Waals surface area contributed by atoms with E-state index >= 15 is 0 Å². The van der Waals surface area contributed by atoms with Gasteiger partial charge in [0.2, 0.25) is 10.0 Å². The van der Waals surface area contributed by atoms with Gasteiger partial charge in [0.25, 0.3) is 0 Å². The third-order valence-electron chi connectivity index (χ3n) is 2.86. The molecule has 2 aromatic rings. The Hall–Kier alpha value is -1.89. The van der Waals surface area contributed by atoms with Gasteiger partial charge in [-0.3, -0.25) is 0 Å². The number of hydrogen-bond donors (Lipinski definition) is 1. The molecule has 0 unspecified atom stereocenters. The second kappa shape index (κ2) is 7.40. The molecule has 116 valence electrons. The monoisotopic (exact) mass is 338 g/mol. The van der Waals surface area contributed by atoms with E-state index < -0.39 is 10.0 Å². The highest BCUT2D eigenvalue weighted by atomic mass is 35.5. The van der Waals surface area contributed by atoms with E-state index in [1.54, 1.807) is 0 Å². The van der Waals surface area contributed by atoms with Gasteiger partial charge in [-0.25, -0.2) is 13.1 Å². The van der Waals surface area contributed by atoms with Gasteiger partial charge in [-0.05, 0) is 24.3 Å². The van der Waals surface area contributed by atoms with Crippen molar-refractivity contribution < 1.29 is 13.3 Å². The predicted molar refractivity (Wildman–Crippen MR) is 86.6 cm³/mol. The maximum atomic E-state index is 12.2. The molecule has 0 fully saturated rings. The molecule has 0 saturated heterocycles. The quantitative estimate of drug-likeness (QED) is 0.650. The van der Waals surface area contributed by atoms with Crippen molar-refractivity contribution in [2.45, 2.75) is 4.90 Å². The number of hydrogen-bond acceptors (Lipinski definition) is 4. The highest BCUT2D eigenvalue weighted by molar-refractivity contribution is 7.89. The SMILES string of the molecule is CON=C(CNS(=O)(=O)c1ccc(Cl)cc1)c1ccccc1. The molecule has 22 heavy (non-hydrogen) atoms. The van der Waals surface area contributed by atoms with Crippen LogP contribution in [-0.2, 0) is 14.9 Å². The van der Waals surface area contributed by atoms with Crippen LogP contribution in [0.2, 0.25) is 5.02 Å². The van der Waals surface area contributed by atoms with Crippen LogP contribution in [-0.4, -0.2) is 27.8 Å². The van der Waals surface area contributed by atoms with E-state index in [2.05, 4.69) is 9.88 Å². The Morgan fingerprint density at radius 2 is 1.77 bits per heavy atom. The highest BCUT2D eigenvalue weighted by Crippen LogP contribution is 2.14. The van der Waals surface area contributed by atoms with Crippen molar-refractivity contribution in [3.63, 3.8) is 0 Å². The van der Waals surface area contributed by atoms with Gasteiger partial charge < -0.3 is 4.84 Å². The minimum Gasteiger partial charge on any atom is -0.399 e. The van der Waals surface area contributed by atoms with Crippen LogP contribution in [0.3, 0.4) is 0 Å². The Morgan fingerprint density at radius 3 is 2.36 bits per heavy atom. The molecule has 0 aliphatic carbocycles. The number of rotatable bonds is 6. The first kappa shape index (κ1) is 16.5. The number of oxime groups is 1. The Kier molecular flexibility index (Phi) is 5.54. The fourth-order valence-electron chi connectivity index (χ4n) is 1.79.